The number of nitrogens with one attached hydrogen (secondary N) is 1. The molecule has 0 bridgehead atoms. The van der Waals surface area contributed by atoms with Gasteiger partial charge in [0.2, 0.25) is 0 Å². The maximum Gasteiger partial charge on any atom is 0.257 e. The van der Waals surface area contributed by atoms with Crippen LogP contribution in [0.25, 0.3) is 5.69 Å². The van der Waals surface area contributed by atoms with E-state index in [2.05, 4.69) is 17.3 Å². The van der Waals surface area contributed by atoms with Crippen LogP contribution in [0.5, 0.6) is 0 Å². The third-order valence-electron chi connectivity index (χ3n) is 4.07. The molecule has 1 aromatic heterocycles. The molecule has 3 rings (SSSR count). The number of aromatic nitrogens is 2. The summed E-state index contributed by atoms with van der Waals surface area (Å²) < 4.78 is 1.77. The Labute approximate surface area is 134 Å². The van der Waals surface area contributed by atoms with E-state index in [1.165, 1.54) is 0 Å². The number of amides is 1. The Morgan fingerprint density at radius 3 is 2.77 bits per heavy atom. The van der Waals surface area contributed by atoms with Gasteiger partial charge in [0.1, 0.15) is 0 Å². The number of rotatable bonds is 2. The quantitative estimate of drug-likeness (QED) is 0.924. The van der Waals surface area contributed by atoms with Crippen molar-refractivity contribution < 1.29 is 4.79 Å². The van der Waals surface area contributed by atoms with Gasteiger partial charge in [-0.15, -0.1) is 0 Å². The van der Waals surface area contributed by atoms with Crippen molar-refractivity contribution in [3.05, 3.63) is 46.7 Å². The fourth-order valence-electron chi connectivity index (χ4n) is 2.76. The van der Waals surface area contributed by atoms with Crippen molar-refractivity contribution in [2.24, 2.45) is 0 Å². The summed E-state index contributed by atoms with van der Waals surface area (Å²) >= 11 is 5.92. The first kappa shape index (κ1) is 15.1. The molecule has 0 unspecified atom stereocenters. The molecule has 1 aromatic carbocycles. The standard InChI is InChI=1S/C16H19ClN4O/c1-11-9-18-7-8-20(11)16(22)15-10-19-21(12(15)2)14-5-3-13(17)4-6-14/h3-6,10-11,18H,7-9H2,1-2H3/t11-/m0/s1. The van der Waals surface area contributed by atoms with Gasteiger partial charge in [0.05, 0.1) is 23.1 Å². The van der Waals surface area contributed by atoms with Crippen LogP contribution in [-0.4, -0.2) is 46.3 Å². The third-order valence-corrected chi connectivity index (χ3v) is 4.33. The topological polar surface area (TPSA) is 50.2 Å². The van der Waals surface area contributed by atoms with Gasteiger partial charge < -0.3 is 10.2 Å². The van der Waals surface area contributed by atoms with Gasteiger partial charge >= 0.3 is 0 Å². The van der Waals surface area contributed by atoms with Gasteiger partial charge in [-0.2, -0.15) is 5.10 Å². The first-order chi connectivity index (χ1) is 10.6. The molecule has 22 heavy (non-hydrogen) atoms. The second-order valence-electron chi connectivity index (χ2n) is 5.58. The van der Waals surface area contributed by atoms with Crippen LogP contribution in [0.3, 0.4) is 0 Å². The number of hydrogen-bond acceptors (Lipinski definition) is 3. The summed E-state index contributed by atoms with van der Waals surface area (Å²) in [6.07, 6.45) is 1.65. The lowest BCUT2D eigenvalue weighted by molar-refractivity contribution is 0.0655. The SMILES string of the molecule is Cc1c(C(=O)N2CCNC[C@@H]2C)cnn1-c1ccc(Cl)cc1. The van der Waals surface area contributed by atoms with Crippen LogP contribution in [0.15, 0.2) is 30.5 Å². The monoisotopic (exact) mass is 318 g/mol. The molecule has 0 radical (unpaired) electrons. The molecule has 1 aliphatic heterocycles. The van der Waals surface area contributed by atoms with Crippen molar-refractivity contribution >= 4 is 17.5 Å². The average molecular weight is 319 g/mol. The normalized spacial score (nSPS) is 18.5. The molecule has 6 heteroatoms. The molecule has 1 fully saturated rings. The Bertz CT molecular complexity index is 680. The fraction of sp³-hybridized carbons (Fsp3) is 0.375. The molecule has 2 heterocycles. The van der Waals surface area contributed by atoms with E-state index in [0.717, 1.165) is 31.0 Å². The summed E-state index contributed by atoms with van der Waals surface area (Å²) in [6, 6.07) is 7.61. The summed E-state index contributed by atoms with van der Waals surface area (Å²) in [4.78, 5) is 14.7. The number of benzene rings is 1. The lowest BCUT2D eigenvalue weighted by atomic mass is 10.1. The number of halogens is 1. The summed E-state index contributed by atoms with van der Waals surface area (Å²) in [7, 11) is 0. The molecular weight excluding hydrogens is 300 g/mol. The zero-order valence-electron chi connectivity index (χ0n) is 12.7. The van der Waals surface area contributed by atoms with Crippen LogP contribution < -0.4 is 5.32 Å². The van der Waals surface area contributed by atoms with Crippen molar-refractivity contribution in [1.29, 1.82) is 0 Å². The fourth-order valence-corrected chi connectivity index (χ4v) is 2.89. The van der Waals surface area contributed by atoms with Crippen LogP contribution in [0.1, 0.15) is 23.0 Å². The van der Waals surface area contributed by atoms with Crippen molar-refractivity contribution in [2.75, 3.05) is 19.6 Å². The molecule has 2 aromatic rings. The second-order valence-corrected chi connectivity index (χ2v) is 6.02. The first-order valence-corrected chi connectivity index (χ1v) is 7.78. The molecular formula is C16H19ClN4O. The lowest BCUT2D eigenvalue weighted by Gasteiger charge is -2.33. The zero-order chi connectivity index (χ0) is 15.7. The minimum Gasteiger partial charge on any atom is -0.333 e. The number of hydrogen-bond donors (Lipinski definition) is 1. The third kappa shape index (κ3) is 2.74. The first-order valence-electron chi connectivity index (χ1n) is 7.40. The Balaban J connectivity index is 1.89. The Kier molecular flexibility index (Phi) is 4.18. The van der Waals surface area contributed by atoms with Crippen molar-refractivity contribution in [3.8, 4) is 5.69 Å². The van der Waals surface area contributed by atoms with Crippen LogP contribution in [0.2, 0.25) is 5.02 Å². The number of piperazine rings is 1. The Hall–Kier alpha value is -1.85. The number of nitrogens with zero attached hydrogens (tertiary/aromatic N) is 3. The van der Waals surface area contributed by atoms with E-state index in [9.17, 15) is 4.79 Å². The minimum absolute atomic E-state index is 0.0479. The molecule has 0 spiro atoms. The second kappa shape index (κ2) is 6.10. The molecule has 5 nitrogen and oxygen atoms in total. The molecule has 1 N–H and O–H groups in total. The molecule has 0 saturated carbocycles. The maximum atomic E-state index is 12.8. The lowest BCUT2D eigenvalue weighted by Crippen LogP contribution is -2.52. The van der Waals surface area contributed by atoms with Crippen molar-refractivity contribution in [2.45, 2.75) is 19.9 Å². The van der Waals surface area contributed by atoms with Gasteiger partial charge in [-0.3, -0.25) is 4.79 Å². The minimum atomic E-state index is 0.0479. The van der Waals surface area contributed by atoms with E-state index < -0.39 is 0 Å². The number of carbonyl (C=O) groups excluding carboxylic acids is 1. The van der Waals surface area contributed by atoms with E-state index in [4.69, 9.17) is 11.6 Å². The van der Waals surface area contributed by atoms with E-state index in [1.807, 2.05) is 36.1 Å². The van der Waals surface area contributed by atoms with Crippen LogP contribution in [-0.2, 0) is 0 Å². The smallest absolute Gasteiger partial charge is 0.257 e. The van der Waals surface area contributed by atoms with E-state index in [1.54, 1.807) is 10.9 Å². The maximum absolute atomic E-state index is 12.8. The molecule has 1 saturated heterocycles. The average Bonchev–Trinajstić information content (AvgIpc) is 2.90. The molecule has 1 amide bonds. The van der Waals surface area contributed by atoms with Crippen molar-refractivity contribution in [3.63, 3.8) is 0 Å². The highest BCUT2D eigenvalue weighted by atomic mass is 35.5. The Morgan fingerprint density at radius 1 is 1.36 bits per heavy atom. The molecule has 1 atom stereocenters. The van der Waals surface area contributed by atoms with Crippen LogP contribution in [0.4, 0.5) is 0 Å². The van der Waals surface area contributed by atoms with Gasteiger partial charge in [-0.05, 0) is 38.1 Å². The summed E-state index contributed by atoms with van der Waals surface area (Å²) in [5, 5.41) is 8.34. The van der Waals surface area contributed by atoms with Gasteiger partial charge in [0, 0.05) is 30.7 Å². The highest BCUT2D eigenvalue weighted by Crippen LogP contribution is 2.19. The molecule has 1 aliphatic rings. The van der Waals surface area contributed by atoms with Gasteiger partial charge in [-0.25, -0.2) is 4.68 Å². The highest BCUT2D eigenvalue weighted by Gasteiger charge is 2.26. The zero-order valence-corrected chi connectivity index (χ0v) is 13.5. The van der Waals surface area contributed by atoms with Crippen LogP contribution >= 0.6 is 11.6 Å². The van der Waals surface area contributed by atoms with Gasteiger partial charge in [0.25, 0.3) is 5.91 Å². The largest absolute Gasteiger partial charge is 0.333 e. The van der Waals surface area contributed by atoms with E-state index >= 15 is 0 Å². The summed E-state index contributed by atoms with van der Waals surface area (Å²) in [5.41, 5.74) is 2.40. The van der Waals surface area contributed by atoms with Crippen molar-refractivity contribution in [1.82, 2.24) is 20.0 Å². The van der Waals surface area contributed by atoms with E-state index in [-0.39, 0.29) is 11.9 Å². The highest BCUT2D eigenvalue weighted by molar-refractivity contribution is 6.30. The summed E-state index contributed by atoms with van der Waals surface area (Å²) in [6.45, 7) is 6.37. The van der Waals surface area contributed by atoms with Gasteiger partial charge in [0.15, 0.2) is 0 Å². The molecule has 0 aliphatic carbocycles. The van der Waals surface area contributed by atoms with E-state index in [0.29, 0.717) is 10.6 Å². The van der Waals surface area contributed by atoms with Gasteiger partial charge in [-0.1, -0.05) is 11.6 Å². The predicted molar refractivity (Wildman–Crippen MR) is 86.7 cm³/mol. The predicted octanol–water partition coefficient (Wildman–Crippen LogP) is 2.27. The number of carbonyl (C=O) groups is 1. The Morgan fingerprint density at radius 2 is 2.09 bits per heavy atom. The molecule has 116 valence electrons. The summed E-state index contributed by atoms with van der Waals surface area (Å²) in [5.74, 6) is 0.0479. The van der Waals surface area contributed by atoms with Crippen LogP contribution in [0, 0.1) is 6.92 Å².